The number of primary amides is 1. The molecule has 3 aromatic rings. The summed E-state index contributed by atoms with van der Waals surface area (Å²) in [6, 6.07) is 15.9. The molecule has 0 bridgehead atoms. The summed E-state index contributed by atoms with van der Waals surface area (Å²) in [5.74, 6) is -2.34. The maximum atomic E-state index is 13.9. The predicted octanol–water partition coefficient (Wildman–Crippen LogP) is 2.72. The first-order valence-corrected chi connectivity index (χ1v) is 9.25. The number of carboxylic acid groups (broad SMARTS) is 1. The van der Waals surface area contributed by atoms with Crippen LogP contribution in [0.15, 0.2) is 66.9 Å². The summed E-state index contributed by atoms with van der Waals surface area (Å²) in [4.78, 5) is 35.9. The van der Waals surface area contributed by atoms with Gasteiger partial charge in [-0.15, -0.1) is 0 Å². The second-order valence-electron chi connectivity index (χ2n) is 6.41. The van der Waals surface area contributed by atoms with Crippen LogP contribution in [0.2, 0.25) is 0 Å². The number of pyridine rings is 1. The van der Waals surface area contributed by atoms with Crippen LogP contribution in [0.25, 0.3) is 0 Å². The highest BCUT2D eigenvalue weighted by atomic mass is 19.1. The average Bonchev–Trinajstić information content (AvgIpc) is 2.70. The summed E-state index contributed by atoms with van der Waals surface area (Å²) in [7, 11) is 0. The third-order valence-electron chi connectivity index (χ3n) is 3.73. The topological polar surface area (TPSA) is 158 Å². The van der Waals surface area contributed by atoms with E-state index in [9.17, 15) is 18.8 Å². The van der Waals surface area contributed by atoms with Crippen molar-refractivity contribution < 1.29 is 28.6 Å². The Balaban J connectivity index is 0.000000303. The van der Waals surface area contributed by atoms with Gasteiger partial charge in [0.25, 0.3) is 0 Å². The molecule has 166 valence electrons. The molecule has 6 N–H and O–H groups in total. The molecule has 0 spiro atoms. The van der Waals surface area contributed by atoms with E-state index in [0.29, 0.717) is 5.75 Å². The first-order valence-electron chi connectivity index (χ1n) is 9.25. The van der Waals surface area contributed by atoms with Crippen LogP contribution in [0.3, 0.4) is 0 Å². The van der Waals surface area contributed by atoms with Crippen molar-refractivity contribution in [3.8, 4) is 11.5 Å². The molecule has 1 aromatic heterocycles. The number of halogens is 1. The number of aromatic nitrogens is 1. The highest BCUT2D eigenvalue weighted by Crippen LogP contribution is 2.27. The van der Waals surface area contributed by atoms with Crippen molar-refractivity contribution in [3.05, 3.63) is 78.2 Å². The molecule has 0 aliphatic carbocycles. The summed E-state index contributed by atoms with van der Waals surface area (Å²) in [5, 5.41) is 10.7. The van der Waals surface area contributed by atoms with E-state index in [4.69, 9.17) is 21.3 Å². The van der Waals surface area contributed by atoms with Crippen LogP contribution in [-0.4, -0.2) is 27.9 Å². The minimum Gasteiger partial charge on any atom is -0.481 e. The lowest BCUT2D eigenvalue weighted by Gasteiger charge is -2.09. The van der Waals surface area contributed by atoms with Gasteiger partial charge in [0, 0.05) is 24.0 Å². The van der Waals surface area contributed by atoms with E-state index >= 15 is 0 Å². The Kier molecular flexibility index (Phi) is 8.66. The summed E-state index contributed by atoms with van der Waals surface area (Å²) >= 11 is 0. The van der Waals surface area contributed by atoms with Crippen LogP contribution >= 0.6 is 0 Å². The largest absolute Gasteiger partial charge is 0.481 e. The standard InChI is InChI=1S/C14H13FN4O3.C8H8O2/c15-10-5-8(19-14(21)7-13(17)20)1-2-11(10)22-9-3-4-18-12(16)6-9;9-8(10)6-7-4-2-1-3-5-7/h1-6H,7H2,(H2,16,18)(H2,17,20)(H,19,21);1-5H,6H2,(H,9,10). The maximum Gasteiger partial charge on any atom is 0.307 e. The molecule has 0 aliphatic heterocycles. The number of benzene rings is 2. The monoisotopic (exact) mass is 440 g/mol. The quantitative estimate of drug-likeness (QED) is 0.411. The number of carbonyl (C=O) groups excluding carboxylic acids is 2. The zero-order valence-electron chi connectivity index (χ0n) is 16.8. The molecule has 0 aliphatic rings. The van der Waals surface area contributed by atoms with Crippen LogP contribution in [0.5, 0.6) is 11.5 Å². The fourth-order valence-electron chi connectivity index (χ4n) is 2.41. The minimum atomic E-state index is -0.786. The first-order chi connectivity index (χ1) is 15.2. The molecular formula is C22H21FN4O5. The fraction of sp³-hybridized carbons (Fsp3) is 0.0909. The molecule has 0 unspecified atom stereocenters. The van der Waals surface area contributed by atoms with Crippen molar-refractivity contribution in [2.45, 2.75) is 12.8 Å². The van der Waals surface area contributed by atoms with Crippen LogP contribution in [-0.2, 0) is 20.8 Å². The third kappa shape index (κ3) is 8.49. The molecule has 0 saturated heterocycles. The zero-order chi connectivity index (χ0) is 23.5. The van der Waals surface area contributed by atoms with Gasteiger partial charge in [-0.1, -0.05) is 30.3 Å². The lowest BCUT2D eigenvalue weighted by Crippen LogP contribution is -2.21. The first kappa shape index (κ1) is 23.8. The highest BCUT2D eigenvalue weighted by molar-refractivity contribution is 6.03. The van der Waals surface area contributed by atoms with E-state index in [1.807, 2.05) is 18.2 Å². The number of nitrogens with two attached hydrogens (primary N) is 2. The fourth-order valence-corrected chi connectivity index (χ4v) is 2.41. The van der Waals surface area contributed by atoms with Gasteiger partial charge in [0.2, 0.25) is 11.8 Å². The number of rotatable bonds is 7. The van der Waals surface area contributed by atoms with E-state index in [1.54, 1.807) is 12.1 Å². The predicted molar refractivity (Wildman–Crippen MR) is 115 cm³/mol. The number of carboxylic acids is 1. The summed E-state index contributed by atoms with van der Waals surface area (Å²) in [5.41, 5.74) is 11.4. The van der Waals surface area contributed by atoms with Gasteiger partial charge in [0.1, 0.15) is 18.0 Å². The number of nitrogens with zero attached hydrogens (tertiary/aromatic N) is 1. The number of hydrogen-bond acceptors (Lipinski definition) is 6. The van der Waals surface area contributed by atoms with Crippen molar-refractivity contribution in [3.63, 3.8) is 0 Å². The SMILES string of the molecule is NC(=O)CC(=O)Nc1ccc(Oc2ccnc(N)c2)c(F)c1.O=C(O)Cc1ccccc1. The highest BCUT2D eigenvalue weighted by Gasteiger charge is 2.10. The molecule has 2 amide bonds. The van der Waals surface area contributed by atoms with Gasteiger partial charge in [-0.3, -0.25) is 14.4 Å². The van der Waals surface area contributed by atoms with E-state index in [1.165, 1.54) is 30.5 Å². The zero-order valence-corrected chi connectivity index (χ0v) is 16.8. The number of hydrogen-bond donors (Lipinski definition) is 4. The summed E-state index contributed by atoms with van der Waals surface area (Å²) < 4.78 is 19.3. The van der Waals surface area contributed by atoms with E-state index in [2.05, 4.69) is 10.3 Å². The number of anilines is 2. The van der Waals surface area contributed by atoms with Gasteiger partial charge in [-0.2, -0.15) is 0 Å². The molecule has 0 radical (unpaired) electrons. The van der Waals surface area contributed by atoms with Gasteiger partial charge in [0.05, 0.1) is 6.42 Å². The summed E-state index contributed by atoms with van der Waals surface area (Å²) in [6.07, 6.45) is 1.07. The Morgan fingerprint density at radius 3 is 2.38 bits per heavy atom. The molecule has 0 fully saturated rings. The van der Waals surface area contributed by atoms with Gasteiger partial charge in [0.15, 0.2) is 11.6 Å². The van der Waals surface area contributed by atoms with Gasteiger partial charge < -0.3 is 26.6 Å². The molecule has 32 heavy (non-hydrogen) atoms. The van der Waals surface area contributed by atoms with Crippen LogP contribution in [0.1, 0.15) is 12.0 Å². The number of amides is 2. The average molecular weight is 440 g/mol. The van der Waals surface area contributed by atoms with E-state index < -0.39 is 30.0 Å². The van der Waals surface area contributed by atoms with Crippen molar-refractivity contribution in [2.75, 3.05) is 11.1 Å². The van der Waals surface area contributed by atoms with Gasteiger partial charge >= 0.3 is 5.97 Å². The number of carbonyl (C=O) groups is 3. The summed E-state index contributed by atoms with van der Waals surface area (Å²) in [6.45, 7) is 0. The second-order valence-corrected chi connectivity index (χ2v) is 6.41. The van der Waals surface area contributed by atoms with Crippen molar-refractivity contribution in [1.29, 1.82) is 0 Å². The molecule has 3 rings (SSSR count). The molecular weight excluding hydrogens is 419 g/mol. The smallest absolute Gasteiger partial charge is 0.307 e. The van der Waals surface area contributed by atoms with Crippen LogP contribution in [0, 0.1) is 5.82 Å². The Morgan fingerprint density at radius 2 is 1.78 bits per heavy atom. The van der Waals surface area contributed by atoms with Gasteiger partial charge in [-0.05, 0) is 23.8 Å². The normalized spacial score (nSPS) is 9.78. The second kappa shape index (κ2) is 11.6. The number of nitrogen functional groups attached to an aromatic ring is 1. The molecule has 0 saturated carbocycles. The Hall–Kier alpha value is -4.47. The number of aliphatic carboxylic acids is 1. The lowest BCUT2D eigenvalue weighted by atomic mass is 10.2. The number of ether oxygens (including phenoxy) is 1. The van der Waals surface area contributed by atoms with E-state index in [-0.39, 0.29) is 23.7 Å². The molecule has 0 atom stereocenters. The minimum absolute atomic E-state index is 0.0431. The lowest BCUT2D eigenvalue weighted by molar-refractivity contribution is -0.136. The van der Waals surface area contributed by atoms with Crippen molar-refractivity contribution in [2.24, 2.45) is 5.73 Å². The van der Waals surface area contributed by atoms with Crippen molar-refractivity contribution in [1.82, 2.24) is 4.98 Å². The van der Waals surface area contributed by atoms with Crippen molar-refractivity contribution >= 4 is 29.3 Å². The van der Waals surface area contributed by atoms with E-state index in [0.717, 1.165) is 11.6 Å². The third-order valence-corrected chi connectivity index (χ3v) is 3.73. The van der Waals surface area contributed by atoms with Gasteiger partial charge in [-0.25, -0.2) is 9.37 Å². The molecule has 9 nitrogen and oxygen atoms in total. The Morgan fingerprint density at radius 1 is 1.06 bits per heavy atom. The van der Waals surface area contributed by atoms with Crippen LogP contribution < -0.4 is 21.5 Å². The molecule has 2 aromatic carbocycles. The Labute approximate surface area is 182 Å². The Bertz CT molecular complexity index is 1090. The van der Waals surface area contributed by atoms with Crippen LogP contribution in [0.4, 0.5) is 15.9 Å². The molecule has 10 heteroatoms. The molecule has 1 heterocycles. The maximum absolute atomic E-state index is 13.9. The number of nitrogens with one attached hydrogen (secondary N) is 1.